The summed E-state index contributed by atoms with van der Waals surface area (Å²) in [6.07, 6.45) is -0.473. The van der Waals surface area contributed by atoms with E-state index in [1.165, 1.54) is 0 Å². The molecule has 1 rings (SSSR count). The predicted octanol–water partition coefficient (Wildman–Crippen LogP) is 2.54. The van der Waals surface area contributed by atoms with Crippen molar-refractivity contribution in [3.8, 4) is 0 Å². The molecule has 0 spiro atoms. The van der Waals surface area contributed by atoms with Crippen molar-refractivity contribution in [3.63, 3.8) is 0 Å². The lowest BCUT2D eigenvalue weighted by molar-refractivity contribution is 0.0419. The van der Waals surface area contributed by atoms with Crippen molar-refractivity contribution in [1.29, 1.82) is 0 Å². The monoisotopic (exact) mass is 321 g/mol. The second-order valence-electron chi connectivity index (χ2n) is 4.04. The quantitative estimate of drug-likeness (QED) is 0.873. The third kappa shape index (κ3) is 5.36. The third-order valence-electron chi connectivity index (χ3n) is 2.34. The topological polar surface area (TPSA) is 32.7 Å². The van der Waals surface area contributed by atoms with E-state index in [9.17, 15) is 5.11 Å². The summed E-state index contributed by atoms with van der Waals surface area (Å²) in [5.41, 5.74) is 1.04. The molecule has 1 aromatic carbocycles. The van der Waals surface area contributed by atoms with Crippen LogP contribution in [0.4, 0.5) is 0 Å². The number of nitrogens with zero attached hydrogens (tertiary/aromatic N) is 1. The number of methoxy groups -OCH3 is 1. The average molecular weight is 323 g/mol. The molecule has 0 aliphatic heterocycles. The van der Waals surface area contributed by atoms with Gasteiger partial charge in [-0.2, -0.15) is 0 Å². The zero-order chi connectivity index (χ0) is 12.8. The van der Waals surface area contributed by atoms with Crippen LogP contribution < -0.4 is 0 Å². The van der Waals surface area contributed by atoms with Gasteiger partial charge >= 0.3 is 0 Å². The van der Waals surface area contributed by atoms with Crippen LogP contribution in [0, 0.1) is 0 Å². The number of halogens is 2. The SMILES string of the molecule is COCC(O)CN(C)Cc1ccc(Br)cc1Cl. The molecular weight excluding hydrogens is 305 g/mol. The van der Waals surface area contributed by atoms with Gasteiger partial charge in [0.1, 0.15) is 0 Å². The molecule has 0 fully saturated rings. The Labute approximate surface area is 115 Å². The fourth-order valence-electron chi connectivity index (χ4n) is 1.61. The summed E-state index contributed by atoms with van der Waals surface area (Å²) in [4.78, 5) is 2.01. The summed E-state index contributed by atoms with van der Waals surface area (Å²) in [6.45, 7) is 1.60. The van der Waals surface area contributed by atoms with E-state index in [0.717, 1.165) is 15.1 Å². The fourth-order valence-corrected chi connectivity index (χ4v) is 2.34. The van der Waals surface area contributed by atoms with E-state index in [1.54, 1.807) is 7.11 Å². The number of aliphatic hydroxyl groups excluding tert-OH is 1. The third-order valence-corrected chi connectivity index (χ3v) is 3.18. The number of rotatable bonds is 6. The van der Waals surface area contributed by atoms with Gasteiger partial charge in [0.2, 0.25) is 0 Å². The number of hydrogen-bond donors (Lipinski definition) is 1. The van der Waals surface area contributed by atoms with Crippen molar-refractivity contribution in [1.82, 2.24) is 4.90 Å². The Morgan fingerprint density at radius 1 is 1.53 bits per heavy atom. The molecule has 0 aliphatic rings. The largest absolute Gasteiger partial charge is 0.389 e. The first-order valence-electron chi connectivity index (χ1n) is 5.32. The molecular formula is C12H17BrClNO2. The van der Waals surface area contributed by atoms with Gasteiger partial charge in [-0.3, -0.25) is 4.90 Å². The molecule has 1 unspecified atom stereocenters. The van der Waals surface area contributed by atoms with E-state index < -0.39 is 6.10 Å². The normalized spacial score (nSPS) is 13.1. The summed E-state index contributed by atoms with van der Waals surface area (Å²) in [6, 6.07) is 5.81. The Kier molecular flexibility index (Phi) is 6.44. The van der Waals surface area contributed by atoms with Gasteiger partial charge in [0.05, 0.1) is 12.7 Å². The van der Waals surface area contributed by atoms with Crippen LogP contribution in [0.2, 0.25) is 5.02 Å². The number of hydrogen-bond acceptors (Lipinski definition) is 3. The van der Waals surface area contributed by atoms with Gasteiger partial charge in [-0.05, 0) is 24.7 Å². The lowest BCUT2D eigenvalue weighted by Gasteiger charge is -2.20. The molecule has 3 nitrogen and oxygen atoms in total. The van der Waals surface area contributed by atoms with Crippen molar-refractivity contribution in [2.24, 2.45) is 0 Å². The molecule has 5 heteroatoms. The predicted molar refractivity (Wildman–Crippen MR) is 73.4 cm³/mol. The maximum Gasteiger partial charge on any atom is 0.0900 e. The minimum Gasteiger partial charge on any atom is -0.389 e. The van der Waals surface area contributed by atoms with E-state index in [1.807, 2.05) is 30.1 Å². The number of ether oxygens (including phenoxy) is 1. The first kappa shape index (κ1) is 14.9. The lowest BCUT2D eigenvalue weighted by atomic mass is 10.2. The van der Waals surface area contributed by atoms with E-state index >= 15 is 0 Å². The molecule has 0 aliphatic carbocycles. The molecule has 0 saturated carbocycles. The van der Waals surface area contributed by atoms with Crippen molar-refractivity contribution in [2.75, 3.05) is 27.3 Å². The molecule has 0 heterocycles. The maximum absolute atomic E-state index is 9.60. The molecule has 17 heavy (non-hydrogen) atoms. The van der Waals surface area contributed by atoms with Crippen LogP contribution >= 0.6 is 27.5 Å². The molecule has 0 amide bonds. The van der Waals surface area contributed by atoms with E-state index in [-0.39, 0.29) is 0 Å². The van der Waals surface area contributed by atoms with Crippen molar-refractivity contribution in [3.05, 3.63) is 33.3 Å². The van der Waals surface area contributed by atoms with Gasteiger partial charge in [0, 0.05) is 29.7 Å². The molecule has 0 bridgehead atoms. The van der Waals surface area contributed by atoms with Crippen LogP contribution in [0.1, 0.15) is 5.56 Å². The molecule has 0 aromatic heterocycles. The minimum atomic E-state index is -0.473. The van der Waals surface area contributed by atoms with Crippen LogP contribution in [0.3, 0.4) is 0 Å². The van der Waals surface area contributed by atoms with Crippen LogP contribution in [0.15, 0.2) is 22.7 Å². The average Bonchev–Trinajstić information content (AvgIpc) is 2.22. The van der Waals surface area contributed by atoms with Gasteiger partial charge < -0.3 is 9.84 Å². The van der Waals surface area contributed by atoms with Crippen LogP contribution in [0.25, 0.3) is 0 Å². The van der Waals surface area contributed by atoms with E-state index in [0.29, 0.717) is 19.7 Å². The van der Waals surface area contributed by atoms with Crippen molar-refractivity contribution >= 4 is 27.5 Å². The first-order chi connectivity index (χ1) is 8.02. The first-order valence-corrected chi connectivity index (χ1v) is 6.49. The highest BCUT2D eigenvalue weighted by Crippen LogP contribution is 2.22. The highest BCUT2D eigenvalue weighted by molar-refractivity contribution is 9.10. The second kappa shape index (κ2) is 7.34. The molecule has 0 radical (unpaired) electrons. The lowest BCUT2D eigenvalue weighted by Crippen LogP contribution is -2.31. The summed E-state index contributed by atoms with van der Waals surface area (Å²) in [5, 5.41) is 10.3. The second-order valence-corrected chi connectivity index (χ2v) is 5.36. The number of aliphatic hydroxyl groups is 1. The Bertz CT molecular complexity index is 362. The maximum atomic E-state index is 9.60. The highest BCUT2D eigenvalue weighted by Gasteiger charge is 2.10. The Hall–Kier alpha value is -0.130. The Morgan fingerprint density at radius 2 is 2.24 bits per heavy atom. The molecule has 0 saturated heterocycles. The standard InChI is InChI=1S/C12H17BrClNO2/c1-15(7-11(16)8-17-2)6-9-3-4-10(13)5-12(9)14/h3-5,11,16H,6-8H2,1-2H3. The summed E-state index contributed by atoms with van der Waals surface area (Å²) in [5.74, 6) is 0. The number of likely N-dealkylation sites (N-methyl/N-ethyl adjacent to an activating group) is 1. The van der Waals surface area contributed by atoms with Gasteiger partial charge in [0.15, 0.2) is 0 Å². The van der Waals surface area contributed by atoms with Crippen molar-refractivity contribution < 1.29 is 9.84 Å². The zero-order valence-electron chi connectivity index (χ0n) is 9.99. The minimum absolute atomic E-state index is 0.346. The highest BCUT2D eigenvalue weighted by atomic mass is 79.9. The van der Waals surface area contributed by atoms with Crippen LogP contribution in [-0.2, 0) is 11.3 Å². The van der Waals surface area contributed by atoms with Gasteiger partial charge in [0.25, 0.3) is 0 Å². The van der Waals surface area contributed by atoms with E-state index in [2.05, 4.69) is 15.9 Å². The van der Waals surface area contributed by atoms with Gasteiger partial charge in [-0.1, -0.05) is 33.6 Å². The molecule has 1 N–H and O–H groups in total. The zero-order valence-corrected chi connectivity index (χ0v) is 12.3. The van der Waals surface area contributed by atoms with Gasteiger partial charge in [-0.25, -0.2) is 0 Å². The fraction of sp³-hybridized carbons (Fsp3) is 0.500. The summed E-state index contributed by atoms with van der Waals surface area (Å²) in [7, 11) is 3.52. The molecule has 96 valence electrons. The van der Waals surface area contributed by atoms with Crippen LogP contribution in [0.5, 0.6) is 0 Å². The van der Waals surface area contributed by atoms with Crippen molar-refractivity contribution in [2.45, 2.75) is 12.6 Å². The smallest absolute Gasteiger partial charge is 0.0900 e. The Morgan fingerprint density at radius 3 is 2.82 bits per heavy atom. The number of benzene rings is 1. The summed E-state index contributed by atoms with van der Waals surface area (Å²) >= 11 is 9.50. The molecule has 1 aromatic rings. The van der Waals surface area contributed by atoms with E-state index in [4.69, 9.17) is 16.3 Å². The Balaban J connectivity index is 2.52. The van der Waals surface area contributed by atoms with Crippen LogP contribution in [-0.4, -0.2) is 43.4 Å². The van der Waals surface area contributed by atoms with Gasteiger partial charge in [-0.15, -0.1) is 0 Å². The summed E-state index contributed by atoms with van der Waals surface area (Å²) < 4.78 is 5.85. The molecule has 1 atom stereocenters.